The van der Waals surface area contributed by atoms with E-state index in [9.17, 15) is 0 Å². The summed E-state index contributed by atoms with van der Waals surface area (Å²) < 4.78 is 5.01. The van der Waals surface area contributed by atoms with Gasteiger partial charge in [-0.05, 0) is 127 Å². The van der Waals surface area contributed by atoms with Crippen molar-refractivity contribution in [1.82, 2.24) is 9.13 Å². The van der Waals surface area contributed by atoms with Crippen molar-refractivity contribution >= 4 is 44.3 Å². The second kappa shape index (κ2) is 17.5. The highest BCUT2D eigenvalue weighted by molar-refractivity contribution is 6.11. The molecule has 4 aliphatic carbocycles. The number of para-hydroxylation sites is 3. The van der Waals surface area contributed by atoms with Gasteiger partial charge in [0.15, 0.2) is 0 Å². The molecule has 3 nitrogen and oxygen atoms in total. The lowest BCUT2D eigenvalue weighted by molar-refractivity contribution is 0.835. The lowest BCUT2D eigenvalue weighted by Gasteiger charge is -2.26. The van der Waals surface area contributed by atoms with Gasteiger partial charge in [0.2, 0.25) is 0 Å². The second-order valence-corrected chi connectivity index (χ2v) is 17.2. The van der Waals surface area contributed by atoms with Crippen LogP contribution in [0.2, 0.25) is 0 Å². The summed E-state index contributed by atoms with van der Waals surface area (Å²) in [5.41, 5.74) is 19.1. The predicted molar refractivity (Wildman–Crippen MR) is 270 cm³/mol. The second-order valence-electron chi connectivity index (χ2n) is 17.2. The monoisotopic (exact) mass is 819 g/mol. The minimum absolute atomic E-state index is 0.690. The maximum Gasteiger partial charge on any atom is 0.0541 e. The van der Waals surface area contributed by atoms with E-state index in [1.165, 1.54) is 96.5 Å². The van der Waals surface area contributed by atoms with Crippen LogP contribution in [-0.2, 0) is 6.42 Å². The molecule has 7 aromatic rings. The van der Waals surface area contributed by atoms with Gasteiger partial charge in [0.05, 0.1) is 16.7 Å². The minimum Gasteiger partial charge on any atom is -0.347 e. The average Bonchev–Trinajstić information content (AvgIpc) is 4.06. The molecule has 11 rings (SSSR count). The highest BCUT2D eigenvalue weighted by Gasteiger charge is 2.39. The van der Waals surface area contributed by atoms with Crippen molar-refractivity contribution in [3.8, 4) is 16.9 Å². The molecule has 2 unspecified atom stereocenters. The number of nitrogens with zero attached hydrogens (tertiary/aromatic N) is 3. The molecule has 2 atom stereocenters. The Hall–Kier alpha value is -6.84. The molecule has 0 aliphatic heterocycles. The van der Waals surface area contributed by atoms with Crippen molar-refractivity contribution in [2.75, 3.05) is 11.9 Å². The van der Waals surface area contributed by atoms with Gasteiger partial charge in [0, 0.05) is 64.7 Å². The van der Waals surface area contributed by atoms with Gasteiger partial charge >= 0.3 is 0 Å². The summed E-state index contributed by atoms with van der Waals surface area (Å²) >= 11 is 0. The molecule has 0 amide bonds. The van der Waals surface area contributed by atoms with E-state index >= 15 is 0 Å². The van der Waals surface area contributed by atoms with Gasteiger partial charge in [-0.3, -0.25) is 0 Å². The highest BCUT2D eigenvalue weighted by atomic mass is 15.1. The standard InChI is InChI=1S/C58H51N3.C2H6/c1-40-29-31-48(60-47(35-43-21-16-22-44-37-54(43)44)33-34-55(60)42-19-8-5-9-20-42)39-53(40)45-30-32-46(59(2)56-26-13-10-23-50(56)41-17-6-3-4-7-18-41)38-49(36-45)61-57-27-14-11-24-51(57)52-25-12-15-28-58(52)61;1-2/h3,5-6,8-17,19-31,33-34,36,38-39,44,54H,4,7,18,32,35,37H2,1-2H3;1-2H3. The Morgan fingerprint density at radius 1 is 0.698 bits per heavy atom. The van der Waals surface area contributed by atoms with Crippen LogP contribution < -0.4 is 4.90 Å². The molecule has 63 heavy (non-hydrogen) atoms. The van der Waals surface area contributed by atoms with Crippen LogP contribution in [-0.4, -0.2) is 16.2 Å². The molecule has 5 aromatic carbocycles. The molecule has 312 valence electrons. The van der Waals surface area contributed by atoms with Crippen LogP contribution in [0.4, 0.5) is 5.69 Å². The van der Waals surface area contributed by atoms with E-state index < -0.39 is 0 Å². The summed E-state index contributed by atoms with van der Waals surface area (Å²) in [6.07, 6.45) is 27.6. The summed E-state index contributed by atoms with van der Waals surface area (Å²) in [4.78, 5) is 2.44. The molecule has 0 saturated heterocycles. The third kappa shape index (κ3) is 7.71. The van der Waals surface area contributed by atoms with Crippen molar-refractivity contribution in [2.45, 2.75) is 59.3 Å². The van der Waals surface area contributed by atoms with E-state index in [4.69, 9.17) is 0 Å². The van der Waals surface area contributed by atoms with Crippen molar-refractivity contribution in [3.63, 3.8) is 0 Å². The zero-order valence-electron chi connectivity index (χ0n) is 37.1. The lowest BCUT2D eigenvalue weighted by Crippen LogP contribution is -2.18. The molecule has 0 radical (unpaired) electrons. The normalized spacial score (nSPS) is 17.9. The maximum atomic E-state index is 2.52. The summed E-state index contributed by atoms with van der Waals surface area (Å²) in [6, 6.07) is 49.4. The average molecular weight is 820 g/mol. The zero-order valence-corrected chi connectivity index (χ0v) is 37.1. The van der Waals surface area contributed by atoms with Crippen LogP contribution in [0.1, 0.15) is 68.3 Å². The number of hydrogen-bond donors (Lipinski definition) is 0. The van der Waals surface area contributed by atoms with E-state index in [1.807, 2.05) is 13.8 Å². The first-order chi connectivity index (χ1) is 31.1. The Labute approximate surface area is 373 Å². The summed E-state index contributed by atoms with van der Waals surface area (Å²) in [7, 11) is 2.26. The molecule has 1 fully saturated rings. The number of aryl methyl sites for hydroxylation is 1. The van der Waals surface area contributed by atoms with Crippen molar-refractivity contribution < 1.29 is 0 Å². The molecule has 0 spiro atoms. The van der Waals surface area contributed by atoms with Crippen LogP contribution in [0.3, 0.4) is 0 Å². The molecule has 2 aromatic heterocycles. The Morgan fingerprint density at radius 3 is 2.25 bits per heavy atom. The maximum absolute atomic E-state index is 2.52. The van der Waals surface area contributed by atoms with E-state index in [-0.39, 0.29) is 0 Å². The SMILES string of the molecule is CC.Cc1ccc(-n2c(CC3=CC=CC4CC34)ccc2-c2ccccc2)cc1C1=CCC(N(C)c2ccccc2C2=CC=CCCC2)=CC(n2c3ccccc3c3ccccc32)=C1. The van der Waals surface area contributed by atoms with Gasteiger partial charge in [-0.2, -0.15) is 0 Å². The fraction of sp³-hybridized carbons (Fsp3) is 0.200. The van der Waals surface area contributed by atoms with Gasteiger partial charge in [-0.15, -0.1) is 0 Å². The number of rotatable bonds is 9. The quantitative estimate of drug-likeness (QED) is 0.141. The van der Waals surface area contributed by atoms with Crippen molar-refractivity contribution in [2.24, 2.45) is 11.8 Å². The number of fused-ring (bicyclic) bond motifs is 4. The van der Waals surface area contributed by atoms with Crippen molar-refractivity contribution in [3.05, 3.63) is 222 Å². The largest absolute Gasteiger partial charge is 0.347 e. The van der Waals surface area contributed by atoms with Gasteiger partial charge in [-0.1, -0.05) is 153 Å². The van der Waals surface area contributed by atoms with Crippen LogP contribution in [0, 0.1) is 18.8 Å². The molecule has 2 heterocycles. The van der Waals surface area contributed by atoms with Crippen LogP contribution in [0.25, 0.3) is 55.6 Å². The Morgan fingerprint density at radius 2 is 1.44 bits per heavy atom. The fourth-order valence-corrected chi connectivity index (χ4v) is 10.2. The first kappa shape index (κ1) is 40.2. The molecular formula is C60H57N3. The zero-order chi connectivity index (χ0) is 42.9. The molecule has 3 heteroatoms. The Kier molecular flexibility index (Phi) is 11.2. The highest BCUT2D eigenvalue weighted by Crippen LogP contribution is 2.49. The van der Waals surface area contributed by atoms with Gasteiger partial charge < -0.3 is 14.0 Å². The van der Waals surface area contributed by atoms with E-state index in [2.05, 4.69) is 216 Å². The van der Waals surface area contributed by atoms with Gasteiger partial charge in [0.25, 0.3) is 0 Å². The van der Waals surface area contributed by atoms with Gasteiger partial charge in [0.1, 0.15) is 0 Å². The number of allylic oxidation sites excluding steroid dienone is 13. The summed E-state index contributed by atoms with van der Waals surface area (Å²) in [5, 5.41) is 2.53. The molecule has 4 aliphatic rings. The molecule has 1 saturated carbocycles. The fourth-order valence-electron chi connectivity index (χ4n) is 10.2. The number of anilines is 1. The van der Waals surface area contributed by atoms with Crippen molar-refractivity contribution in [1.29, 1.82) is 0 Å². The lowest BCUT2D eigenvalue weighted by atomic mass is 9.97. The first-order valence-corrected chi connectivity index (χ1v) is 23.1. The smallest absolute Gasteiger partial charge is 0.0541 e. The molecular weight excluding hydrogens is 763 g/mol. The van der Waals surface area contributed by atoms with E-state index in [0.717, 1.165) is 37.3 Å². The molecule has 0 bridgehead atoms. The van der Waals surface area contributed by atoms with Gasteiger partial charge in [-0.25, -0.2) is 0 Å². The number of aromatic nitrogens is 2. The first-order valence-electron chi connectivity index (χ1n) is 23.1. The predicted octanol–water partition coefficient (Wildman–Crippen LogP) is 15.7. The van der Waals surface area contributed by atoms with Crippen LogP contribution in [0.5, 0.6) is 0 Å². The van der Waals surface area contributed by atoms with Crippen LogP contribution >= 0.6 is 0 Å². The van der Waals surface area contributed by atoms with E-state index in [0.29, 0.717) is 5.92 Å². The summed E-state index contributed by atoms with van der Waals surface area (Å²) in [5.74, 6) is 1.41. The summed E-state index contributed by atoms with van der Waals surface area (Å²) in [6.45, 7) is 6.27. The van der Waals surface area contributed by atoms with Crippen LogP contribution in [0.15, 0.2) is 199 Å². The third-order valence-electron chi connectivity index (χ3n) is 13.5. The van der Waals surface area contributed by atoms with E-state index in [1.54, 1.807) is 5.57 Å². The Balaban J connectivity index is 0.00000232. The minimum atomic E-state index is 0.690. The third-order valence-corrected chi connectivity index (χ3v) is 13.5. The Bertz CT molecular complexity index is 3010. The molecule has 0 N–H and O–H groups in total. The topological polar surface area (TPSA) is 13.1 Å². The number of benzene rings is 5. The number of hydrogen-bond acceptors (Lipinski definition) is 1.